The van der Waals surface area contributed by atoms with Gasteiger partial charge in [0.2, 0.25) is 0 Å². The molecule has 1 aliphatic heterocycles. The number of rotatable bonds is 6. The van der Waals surface area contributed by atoms with Crippen LogP contribution in [0.4, 0.5) is 0 Å². The topological polar surface area (TPSA) is 40.1 Å². The van der Waals surface area contributed by atoms with Crippen LogP contribution in [0.5, 0.6) is 0 Å². The summed E-state index contributed by atoms with van der Waals surface area (Å²) >= 11 is 5.41. The Balaban J connectivity index is 1.64. The number of benzene rings is 1. The van der Waals surface area contributed by atoms with Crippen molar-refractivity contribution in [1.82, 2.24) is 24.6 Å². The van der Waals surface area contributed by atoms with Crippen molar-refractivity contribution in [2.24, 2.45) is 0 Å². The minimum absolute atomic E-state index is 0.702. The first-order valence-corrected chi connectivity index (χ1v) is 8.80. The lowest BCUT2D eigenvalue weighted by Crippen LogP contribution is -2.46. The summed E-state index contributed by atoms with van der Waals surface area (Å²) in [6.07, 6.45) is 1.23. The smallest absolute Gasteiger partial charge is 0.195 e. The van der Waals surface area contributed by atoms with Crippen LogP contribution < -0.4 is 0 Å². The number of hydrogen-bond donors (Lipinski definition) is 1. The molecule has 1 N–H and O–H groups in total. The maximum Gasteiger partial charge on any atom is 0.195 e. The second kappa shape index (κ2) is 7.86. The predicted octanol–water partition coefficient (Wildman–Crippen LogP) is 2.52. The summed E-state index contributed by atoms with van der Waals surface area (Å²) in [7, 11) is 0. The Kier molecular flexibility index (Phi) is 5.59. The summed E-state index contributed by atoms with van der Waals surface area (Å²) in [5.41, 5.74) is 1.25. The zero-order chi connectivity index (χ0) is 16.1. The molecule has 5 nitrogen and oxygen atoms in total. The molecule has 0 saturated carbocycles. The summed E-state index contributed by atoms with van der Waals surface area (Å²) < 4.78 is 2.82. The van der Waals surface area contributed by atoms with Gasteiger partial charge in [-0.05, 0) is 30.7 Å². The van der Waals surface area contributed by atoms with Crippen molar-refractivity contribution in [3.8, 4) is 0 Å². The van der Waals surface area contributed by atoms with E-state index >= 15 is 0 Å². The molecule has 0 unspecified atom stereocenters. The molecule has 0 atom stereocenters. The Hall–Kier alpha value is -1.50. The molecular formula is C17H25N5S. The highest BCUT2D eigenvalue weighted by Crippen LogP contribution is 2.10. The Labute approximate surface area is 142 Å². The first kappa shape index (κ1) is 16.4. The van der Waals surface area contributed by atoms with Crippen LogP contribution in [-0.2, 0) is 13.1 Å². The molecular weight excluding hydrogens is 306 g/mol. The Morgan fingerprint density at radius 1 is 1.04 bits per heavy atom. The summed E-state index contributed by atoms with van der Waals surface area (Å²) in [4.78, 5) is 5.01. The number of piperazine rings is 1. The van der Waals surface area contributed by atoms with Crippen LogP contribution in [0.25, 0.3) is 0 Å². The van der Waals surface area contributed by atoms with Gasteiger partial charge in [0.25, 0.3) is 0 Å². The van der Waals surface area contributed by atoms with Gasteiger partial charge in [0.1, 0.15) is 5.82 Å². The lowest BCUT2D eigenvalue weighted by atomic mass is 10.2. The van der Waals surface area contributed by atoms with Gasteiger partial charge < -0.3 is 4.90 Å². The molecule has 0 radical (unpaired) electrons. The second-order valence-electron chi connectivity index (χ2n) is 6.13. The van der Waals surface area contributed by atoms with E-state index in [0.717, 1.165) is 45.1 Å². The van der Waals surface area contributed by atoms with E-state index in [4.69, 9.17) is 12.2 Å². The second-order valence-corrected chi connectivity index (χ2v) is 6.52. The molecule has 0 aliphatic carbocycles. The average Bonchev–Trinajstić information content (AvgIpc) is 2.91. The molecule has 0 spiro atoms. The van der Waals surface area contributed by atoms with Gasteiger partial charge in [-0.15, -0.1) is 0 Å². The fourth-order valence-corrected chi connectivity index (χ4v) is 3.30. The normalized spacial score (nSPS) is 16.7. The van der Waals surface area contributed by atoms with Gasteiger partial charge in [-0.1, -0.05) is 37.3 Å². The Morgan fingerprint density at radius 3 is 2.43 bits per heavy atom. The first-order valence-electron chi connectivity index (χ1n) is 8.39. The number of H-pyrrole nitrogens is 1. The number of aromatic amines is 1. The third-order valence-electron chi connectivity index (χ3n) is 4.39. The molecule has 0 bridgehead atoms. The fourth-order valence-electron chi connectivity index (χ4n) is 3.09. The predicted molar refractivity (Wildman–Crippen MR) is 95.0 cm³/mol. The Morgan fingerprint density at radius 2 is 1.74 bits per heavy atom. The van der Waals surface area contributed by atoms with Crippen molar-refractivity contribution in [1.29, 1.82) is 0 Å². The quantitative estimate of drug-likeness (QED) is 0.826. The van der Waals surface area contributed by atoms with Gasteiger partial charge in [0, 0.05) is 26.2 Å². The molecule has 0 amide bonds. The van der Waals surface area contributed by atoms with Gasteiger partial charge in [-0.25, -0.2) is 0 Å². The Bertz CT molecular complexity index is 655. The molecule has 1 aliphatic rings. The van der Waals surface area contributed by atoms with E-state index in [-0.39, 0.29) is 0 Å². The van der Waals surface area contributed by atoms with Crippen molar-refractivity contribution in [2.45, 2.75) is 26.4 Å². The number of aromatic nitrogens is 3. The number of nitrogens with one attached hydrogen (secondary N) is 1. The van der Waals surface area contributed by atoms with Crippen LogP contribution >= 0.6 is 12.2 Å². The molecule has 2 heterocycles. The third kappa shape index (κ3) is 4.28. The number of nitrogens with zero attached hydrogens (tertiary/aromatic N) is 4. The highest BCUT2D eigenvalue weighted by molar-refractivity contribution is 7.71. The van der Waals surface area contributed by atoms with Gasteiger partial charge in [0.05, 0.1) is 13.1 Å². The molecule has 6 heteroatoms. The van der Waals surface area contributed by atoms with E-state index in [1.165, 1.54) is 18.5 Å². The number of hydrogen-bond acceptors (Lipinski definition) is 4. The van der Waals surface area contributed by atoms with Crippen LogP contribution in [-0.4, -0.2) is 57.3 Å². The highest BCUT2D eigenvalue weighted by atomic mass is 32.1. The van der Waals surface area contributed by atoms with E-state index in [9.17, 15) is 0 Å². The standard InChI is InChI=1S/C17H25N5S/c1-2-8-20-9-11-21(12-10-20)14-16-18-19-17(23)22(16)13-15-6-4-3-5-7-15/h3-7H,2,8-14H2,1H3,(H,19,23). The van der Waals surface area contributed by atoms with Crippen molar-refractivity contribution in [3.05, 3.63) is 46.5 Å². The lowest BCUT2D eigenvalue weighted by molar-refractivity contribution is 0.124. The zero-order valence-electron chi connectivity index (χ0n) is 13.7. The molecule has 1 aromatic heterocycles. The van der Waals surface area contributed by atoms with Crippen molar-refractivity contribution < 1.29 is 0 Å². The molecule has 1 saturated heterocycles. The van der Waals surface area contributed by atoms with Crippen molar-refractivity contribution in [3.63, 3.8) is 0 Å². The van der Waals surface area contributed by atoms with Crippen LogP contribution in [0.3, 0.4) is 0 Å². The average molecular weight is 331 g/mol. The highest BCUT2D eigenvalue weighted by Gasteiger charge is 2.18. The van der Waals surface area contributed by atoms with Crippen LogP contribution in [0, 0.1) is 4.77 Å². The molecule has 3 rings (SSSR count). The molecule has 1 fully saturated rings. The van der Waals surface area contributed by atoms with Crippen molar-refractivity contribution >= 4 is 12.2 Å². The monoisotopic (exact) mass is 331 g/mol. The molecule has 23 heavy (non-hydrogen) atoms. The van der Waals surface area contributed by atoms with Gasteiger partial charge in [-0.3, -0.25) is 14.6 Å². The third-order valence-corrected chi connectivity index (χ3v) is 4.70. The van der Waals surface area contributed by atoms with E-state index in [1.54, 1.807) is 0 Å². The SMILES string of the molecule is CCCN1CCN(Cc2n[nH]c(=S)n2Cc2ccccc2)CC1. The van der Waals surface area contributed by atoms with Gasteiger partial charge in [0.15, 0.2) is 4.77 Å². The van der Waals surface area contributed by atoms with E-state index in [1.807, 2.05) is 6.07 Å². The molecule has 2 aromatic rings. The summed E-state index contributed by atoms with van der Waals surface area (Å²) in [5, 5.41) is 7.41. The fraction of sp³-hybridized carbons (Fsp3) is 0.529. The minimum atomic E-state index is 0.702. The zero-order valence-corrected chi connectivity index (χ0v) is 14.6. The van der Waals surface area contributed by atoms with Crippen LogP contribution in [0.1, 0.15) is 24.7 Å². The van der Waals surface area contributed by atoms with Crippen LogP contribution in [0.15, 0.2) is 30.3 Å². The lowest BCUT2D eigenvalue weighted by Gasteiger charge is -2.34. The van der Waals surface area contributed by atoms with E-state index in [0.29, 0.717) is 4.77 Å². The minimum Gasteiger partial charge on any atom is -0.301 e. The maximum absolute atomic E-state index is 5.41. The summed E-state index contributed by atoms with van der Waals surface area (Å²) in [6.45, 7) is 9.60. The summed E-state index contributed by atoms with van der Waals surface area (Å²) in [6, 6.07) is 10.4. The first-order chi connectivity index (χ1) is 11.3. The molecule has 1 aromatic carbocycles. The largest absolute Gasteiger partial charge is 0.301 e. The van der Waals surface area contributed by atoms with Gasteiger partial charge in [-0.2, -0.15) is 5.10 Å². The van der Waals surface area contributed by atoms with Crippen molar-refractivity contribution in [2.75, 3.05) is 32.7 Å². The maximum atomic E-state index is 5.41. The summed E-state index contributed by atoms with van der Waals surface area (Å²) in [5.74, 6) is 1.03. The molecule has 124 valence electrons. The van der Waals surface area contributed by atoms with Crippen LogP contribution in [0.2, 0.25) is 0 Å². The van der Waals surface area contributed by atoms with Gasteiger partial charge >= 0.3 is 0 Å². The van der Waals surface area contributed by atoms with E-state index < -0.39 is 0 Å². The van der Waals surface area contributed by atoms with E-state index in [2.05, 4.69) is 55.8 Å².